The first-order chi connectivity index (χ1) is 15.9. The molecule has 0 radical (unpaired) electrons. The molecule has 0 saturated carbocycles. The number of halogens is 1. The summed E-state index contributed by atoms with van der Waals surface area (Å²) in [6, 6.07) is 16.0. The van der Waals surface area contributed by atoms with Crippen molar-refractivity contribution in [2.45, 2.75) is 57.2 Å². The van der Waals surface area contributed by atoms with Crippen LogP contribution >= 0.6 is 11.6 Å². The Balaban J connectivity index is 1.52. The van der Waals surface area contributed by atoms with Crippen molar-refractivity contribution in [1.29, 1.82) is 0 Å². The maximum Gasteiger partial charge on any atom is 0.119 e. The number of alkyl halides is 1. The SMILES string of the molecule is CC(C)(c1ccc(OCC(O)CCl)cc1)c1ccc(OCC(O)CN2CCCCCC2)cc1. The van der Waals surface area contributed by atoms with Crippen LogP contribution in [0.15, 0.2) is 48.5 Å². The number of likely N-dealkylation sites (tertiary alicyclic amines) is 1. The molecular formula is C27H38ClNO4. The highest BCUT2D eigenvalue weighted by molar-refractivity contribution is 6.18. The Kier molecular flexibility index (Phi) is 9.87. The molecule has 2 N–H and O–H groups in total. The van der Waals surface area contributed by atoms with Crippen molar-refractivity contribution in [3.8, 4) is 11.5 Å². The highest BCUT2D eigenvalue weighted by atomic mass is 35.5. The molecule has 1 saturated heterocycles. The first-order valence-corrected chi connectivity index (χ1v) is 12.5. The molecule has 1 aliphatic heterocycles. The predicted octanol–water partition coefficient (Wildman–Crippen LogP) is 4.61. The maximum absolute atomic E-state index is 10.4. The standard InChI is InChI=1S/C27H38ClNO4/c1-27(2,21-7-11-25(12-8-21)32-19-23(30)17-28)22-9-13-26(14-10-22)33-20-24(31)18-29-15-5-3-4-6-16-29/h7-14,23-24,30-31H,3-6,15-20H2,1-2H3. The van der Waals surface area contributed by atoms with Crippen LogP contribution in [-0.4, -0.2) is 66.0 Å². The third-order valence-electron chi connectivity index (χ3n) is 6.38. The molecule has 0 aromatic heterocycles. The van der Waals surface area contributed by atoms with Gasteiger partial charge in [-0.15, -0.1) is 11.6 Å². The molecule has 33 heavy (non-hydrogen) atoms. The molecule has 2 unspecified atom stereocenters. The number of aliphatic hydroxyl groups excluding tert-OH is 2. The fourth-order valence-electron chi connectivity index (χ4n) is 4.20. The molecule has 2 atom stereocenters. The van der Waals surface area contributed by atoms with E-state index in [1.165, 1.54) is 31.2 Å². The molecule has 182 valence electrons. The highest BCUT2D eigenvalue weighted by Crippen LogP contribution is 2.33. The number of hydrogen-bond acceptors (Lipinski definition) is 5. The second kappa shape index (κ2) is 12.6. The van der Waals surface area contributed by atoms with Crippen molar-refractivity contribution < 1.29 is 19.7 Å². The van der Waals surface area contributed by atoms with Gasteiger partial charge >= 0.3 is 0 Å². The normalized spacial score (nSPS) is 17.2. The van der Waals surface area contributed by atoms with Gasteiger partial charge in [0, 0.05) is 12.0 Å². The molecule has 0 aliphatic carbocycles. The fraction of sp³-hybridized carbons (Fsp3) is 0.556. The summed E-state index contributed by atoms with van der Waals surface area (Å²) in [5.74, 6) is 1.63. The Hall–Kier alpha value is -1.79. The van der Waals surface area contributed by atoms with Crippen molar-refractivity contribution in [3.05, 3.63) is 59.7 Å². The van der Waals surface area contributed by atoms with Gasteiger partial charge in [0.25, 0.3) is 0 Å². The van der Waals surface area contributed by atoms with Gasteiger partial charge in [-0.3, -0.25) is 0 Å². The zero-order valence-electron chi connectivity index (χ0n) is 19.9. The van der Waals surface area contributed by atoms with Crippen molar-refractivity contribution in [3.63, 3.8) is 0 Å². The van der Waals surface area contributed by atoms with Crippen LogP contribution in [-0.2, 0) is 5.41 Å². The number of rotatable bonds is 11. The zero-order valence-corrected chi connectivity index (χ0v) is 20.6. The van der Waals surface area contributed by atoms with E-state index in [0.717, 1.165) is 24.4 Å². The topological polar surface area (TPSA) is 62.2 Å². The van der Waals surface area contributed by atoms with E-state index in [4.69, 9.17) is 21.1 Å². The molecule has 6 heteroatoms. The summed E-state index contributed by atoms with van der Waals surface area (Å²) >= 11 is 5.61. The van der Waals surface area contributed by atoms with E-state index in [9.17, 15) is 10.2 Å². The molecule has 0 spiro atoms. The van der Waals surface area contributed by atoms with Gasteiger partial charge < -0.3 is 24.6 Å². The number of benzene rings is 2. The van der Waals surface area contributed by atoms with Crippen molar-refractivity contribution in [2.75, 3.05) is 38.7 Å². The average Bonchev–Trinajstić information content (AvgIpc) is 3.10. The van der Waals surface area contributed by atoms with Gasteiger partial charge in [0.2, 0.25) is 0 Å². The molecular weight excluding hydrogens is 438 g/mol. The molecule has 3 rings (SSSR count). The molecule has 2 aromatic carbocycles. The lowest BCUT2D eigenvalue weighted by molar-refractivity contribution is 0.0693. The van der Waals surface area contributed by atoms with Gasteiger partial charge in [0.1, 0.15) is 36.9 Å². The number of hydrogen-bond donors (Lipinski definition) is 2. The van der Waals surface area contributed by atoms with Crippen LogP contribution in [0.3, 0.4) is 0 Å². The monoisotopic (exact) mass is 475 g/mol. The average molecular weight is 476 g/mol. The predicted molar refractivity (Wildman–Crippen MR) is 134 cm³/mol. The van der Waals surface area contributed by atoms with Crippen LogP contribution in [0.1, 0.15) is 50.7 Å². The van der Waals surface area contributed by atoms with E-state index in [1.807, 2.05) is 36.4 Å². The molecule has 0 bridgehead atoms. The van der Waals surface area contributed by atoms with Crippen LogP contribution in [0.2, 0.25) is 0 Å². The minimum atomic E-state index is -0.668. The summed E-state index contributed by atoms with van der Waals surface area (Å²) < 4.78 is 11.4. The van der Waals surface area contributed by atoms with Gasteiger partial charge in [0.05, 0.1) is 5.88 Å². The third-order valence-corrected chi connectivity index (χ3v) is 6.74. The van der Waals surface area contributed by atoms with E-state index < -0.39 is 12.2 Å². The minimum absolute atomic E-state index is 0.155. The summed E-state index contributed by atoms with van der Waals surface area (Å²) in [6.07, 6.45) is 3.88. The van der Waals surface area contributed by atoms with Gasteiger partial charge in [0.15, 0.2) is 0 Å². The summed E-state index contributed by atoms with van der Waals surface area (Å²) in [4.78, 5) is 2.35. The number of ether oxygens (including phenoxy) is 2. The number of β-amino-alcohol motifs (C(OH)–C–C–N with tert-alkyl or cyclic N) is 1. The van der Waals surface area contributed by atoms with Crippen molar-refractivity contribution in [2.24, 2.45) is 0 Å². The largest absolute Gasteiger partial charge is 0.491 e. The molecule has 1 aliphatic rings. The Labute approximate surface area is 203 Å². The lowest BCUT2D eigenvalue weighted by atomic mass is 9.78. The summed E-state index contributed by atoms with van der Waals surface area (Å²) in [5.41, 5.74) is 2.14. The summed E-state index contributed by atoms with van der Waals surface area (Å²) in [6.45, 7) is 7.67. The van der Waals surface area contributed by atoms with Crippen molar-refractivity contribution in [1.82, 2.24) is 4.90 Å². The van der Waals surface area contributed by atoms with Gasteiger partial charge in [-0.1, -0.05) is 51.0 Å². The Bertz CT molecular complexity index is 817. The molecule has 1 fully saturated rings. The fourth-order valence-corrected chi connectivity index (χ4v) is 4.29. The van der Waals surface area contributed by atoms with Crippen LogP contribution in [0.4, 0.5) is 0 Å². The second-order valence-corrected chi connectivity index (χ2v) is 9.78. The lowest BCUT2D eigenvalue weighted by Gasteiger charge is -2.27. The van der Waals surface area contributed by atoms with Crippen molar-refractivity contribution >= 4 is 11.6 Å². The number of nitrogens with zero attached hydrogens (tertiary/aromatic N) is 1. The third kappa shape index (κ3) is 7.89. The molecule has 2 aromatic rings. The molecule has 5 nitrogen and oxygen atoms in total. The van der Waals surface area contributed by atoms with E-state index in [-0.39, 0.29) is 17.9 Å². The molecule has 1 heterocycles. The summed E-state index contributed by atoms with van der Waals surface area (Å²) in [7, 11) is 0. The van der Waals surface area contributed by atoms with Gasteiger partial charge in [-0.25, -0.2) is 0 Å². The van der Waals surface area contributed by atoms with E-state index in [1.54, 1.807) is 0 Å². The Morgan fingerprint density at radius 2 is 1.24 bits per heavy atom. The highest BCUT2D eigenvalue weighted by Gasteiger charge is 2.23. The van der Waals surface area contributed by atoms with Crippen LogP contribution in [0.5, 0.6) is 11.5 Å². The number of aliphatic hydroxyl groups is 2. The smallest absolute Gasteiger partial charge is 0.119 e. The van der Waals surface area contributed by atoms with E-state index in [2.05, 4.69) is 30.9 Å². The Morgan fingerprint density at radius 1 is 0.788 bits per heavy atom. The zero-order chi connectivity index (χ0) is 23.7. The van der Waals surface area contributed by atoms with Crippen LogP contribution in [0.25, 0.3) is 0 Å². The van der Waals surface area contributed by atoms with Crippen LogP contribution < -0.4 is 9.47 Å². The molecule has 0 amide bonds. The first kappa shape index (κ1) is 25.8. The second-order valence-electron chi connectivity index (χ2n) is 9.47. The maximum atomic E-state index is 10.4. The lowest BCUT2D eigenvalue weighted by Crippen LogP contribution is -2.36. The van der Waals surface area contributed by atoms with Crippen LogP contribution in [0, 0.1) is 0 Å². The quantitative estimate of drug-likeness (QED) is 0.465. The van der Waals surface area contributed by atoms with E-state index >= 15 is 0 Å². The minimum Gasteiger partial charge on any atom is -0.491 e. The van der Waals surface area contributed by atoms with Gasteiger partial charge in [-0.05, 0) is 61.3 Å². The van der Waals surface area contributed by atoms with Gasteiger partial charge in [-0.2, -0.15) is 0 Å². The Morgan fingerprint density at radius 3 is 1.70 bits per heavy atom. The first-order valence-electron chi connectivity index (χ1n) is 12.0. The summed E-state index contributed by atoms with van der Waals surface area (Å²) in [5, 5.41) is 19.9. The van der Waals surface area contributed by atoms with E-state index in [0.29, 0.717) is 18.9 Å².